The minimum Gasteiger partial charge on any atom is -0.334 e. The number of hydrogen-bond acceptors (Lipinski definition) is 3. The molecule has 0 bridgehead atoms. The molecule has 0 saturated carbocycles. The zero-order valence-electron chi connectivity index (χ0n) is 8.85. The molecule has 0 atom stereocenters. The molecule has 0 aliphatic rings. The van der Waals surface area contributed by atoms with Crippen molar-refractivity contribution in [3.63, 3.8) is 0 Å². The van der Waals surface area contributed by atoms with E-state index in [-0.39, 0.29) is 5.03 Å². The summed E-state index contributed by atoms with van der Waals surface area (Å²) in [5, 5.41) is 0.113. The van der Waals surface area contributed by atoms with E-state index in [1.807, 2.05) is 6.92 Å². The van der Waals surface area contributed by atoms with Crippen LogP contribution in [0.3, 0.4) is 0 Å². The molecule has 1 heterocycles. The first-order valence-corrected chi connectivity index (χ1v) is 5.80. The van der Waals surface area contributed by atoms with Crippen molar-refractivity contribution in [1.82, 2.24) is 13.9 Å². The summed E-state index contributed by atoms with van der Waals surface area (Å²) >= 11 is 0. The molecular formula is C8H15N3O2S. The van der Waals surface area contributed by atoms with E-state index in [2.05, 4.69) is 4.98 Å². The fraction of sp³-hybridized carbons (Fsp3) is 0.625. The van der Waals surface area contributed by atoms with Gasteiger partial charge in [-0.3, -0.25) is 0 Å². The molecule has 14 heavy (non-hydrogen) atoms. The second-order valence-corrected chi connectivity index (χ2v) is 5.30. The van der Waals surface area contributed by atoms with Gasteiger partial charge in [0.25, 0.3) is 10.0 Å². The van der Waals surface area contributed by atoms with Crippen LogP contribution in [0.1, 0.15) is 12.7 Å². The van der Waals surface area contributed by atoms with Crippen LogP contribution in [0.5, 0.6) is 0 Å². The highest BCUT2D eigenvalue weighted by atomic mass is 32.2. The molecule has 80 valence electrons. The van der Waals surface area contributed by atoms with Gasteiger partial charge in [-0.1, -0.05) is 0 Å². The molecule has 0 fully saturated rings. The summed E-state index contributed by atoms with van der Waals surface area (Å²) in [4.78, 5) is 4.01. The van der Waals surface area contributed by atoms with E-state index in [0.29, 0.717) is 5.82 Å². The summed E-state index contributed by atoms with van der Waals surface area (Å²) in [6, 6.07) is 0. The number of aromatic nitrogens is 2. The average molecular weight is 217 g/mol. The van der Waals surface area contributed by atoms with Crippen molar-refractivity contribution in [3.8, 4) is 0 Å². The SMILES string of the molecule is CCn1cc(S(=O)(=O)N(C)C)nc1C. The molecule has 0 radical (unpaired) electrons. The minimum atomic E-state index is -3.39. The summed E-state index contributed by atoms with van der Waals surface area (Å²) in [5.41, 5.74) is 0. The molecule has 0 amide bonds. The third-order valence-corrected chi connectivity index (χ3v) is 3.73. The third-order valence-electron chi connectivity index (χ3n) is 2.04. The number of aryl methyl sites for hydroxylation is 2. The molecule has 0 N–H and O–H groups in total. The average Bonchev–Trinajstić information content (AvgIpc) is 2.47. The van der Waals surface area contributed by atoms with Gasteiger partial charge in [0, 0.05) is 26.8 Å². The number of hydrogen-bond donors (Lipinski definition) is 0. The van der Waals surface area contributed by atoms with Crippen molar-refractivity contribution in [2.75, 3.05) is 14.1 Å². The highest BCUT2D eigenvalue weighted by Crippen LogP contribution is 2.12. The monoisotopic (exact) mass is 217 g/mol. The lowest BCUT2D eigenvalue weighted by molar-refractivity contribution is 0.517. The van der Waals surface area contributed by atoms with Crippen molar-refractivity contribution in [2.24, 2.45) is 0 Å². The quantitative estimate of drug-likeness (QED) is 0.739. The van der Waals surface area contributed by atoms with Crippen molar-refractivity contribution in [2.45, 2.75) is 25.4 Å². The van der Waals surface area contributed by atoms with Crippen LogP contribution in [0.25, 0.3) is 0 Å². The highest BCUT2D eigenvalue weighted by molar-refractivity contribution is 7.89. The topological polar surface area (TPSA) is 55.2 Å². The largest absolute Gasteiger partial charge is 0.334 e. The lowest BCUT2D eigenvalue weighted by Crippen LogP contribution is -2.22. The Balaban J connectivity index is 3.22. The second-order valence-electron chi connectivity index (χ2n) is 3.20. The first kappa shape index (κ1) is 11.2. The maximum atomic E-state index is 11.7. The first-order valence-electron chi connectivity index (χ1n) is 4.36. The Labute approximate surface area is 84.4 Å². The fourth-order valence-electron chi connectivity index (χ4n) is 1.11. The van der Waals surface area contributed by atoms with E-state index >= 15 is 0 Å². The van der Waals surface area contributed by atoms with Crippen LogP contribution in [0.2, 0.25) is 0 Å². The predicted molar refractivity (Wildman–Crippen MR) is 53.5 cm³/mol. The molecule has 1 aromatic rings. The van der Waals surface area contributed by atoms with Gasteiger partial charge < -0.3 is 4.57 Å². The maximum Gasteiger partial charge on any atom is 0.261 e. The second kappa shape index (κ2) is 3.70. The Hall–Kier alpha value is -0.880. The molecule has 5 nitrogen and oxygen atoms in total. The molecule has 6 heteroatoms. The molecule has 0 saturated heterocycles. The Bertz CT molecular complexity index is 420. The van der Waals surface area contributed by atoms with Crippen molar-refractivity contribution < 1.29 is 8.42 Å². The van der Waals surface area contributed by atoms with Crippen LogP contribution in [0, 0.1) is 6.92 Å². The molecular weight excluding hydrogens is 202 g/mol. The highest BCUT2D eigenvalue weighted by Gasteiger charge is 2.21. The summed E-state index contributed by atoms with van der Waals surface area (Å²) in [5.74, 6) is 0.716. The van der Waals surface area contributed by atoms with Crippen LogP contribution in [0.4, 0.5) is 0 Å². The number of imidazole rings is 1. The molecule has 0 aliphatic carbocycles. The standard InChI is InChI=1S/C8H15N3O2S/c1-5-11-6-8(9-7(11)2)14(12,13)10(3)4/h6H,5H2,1-4H3. The summed E-state index contributed by atoms with van der Waals surface area (Å²) < 4.78 is 26.3. The normalized spacial score (nSPS) is 12.4. The lowest BCUT2D eigenvalue weighted by atomic mass is 10.6. The van der Waals surface area contributed by atoms with Gasteiger partial charge in [-0.15, -0.1) is 0 Å². The van der Waals surface area contributed by atoms with Crippen molar-refractivity contribution >= 4 is 10.0 Å². The summed E-state index contributed by atoms with van der Waals surface area (Å²) in [6.45, 7) is 4.46. The van der Waals surface area contributed by atoms with Gasteiger partial charge >= 0.3 is 0 Å². The van der Waals surface area contributed by atoms with Crippen LogP contribution in [-0.4, -0.2) is 36.4 Å². The molecule has 0 aliphatic heterocycles. The number of sulfonamides is 1. The van der Waals surface area contributed by atoms with Gasteiger partial charge in [-0.25, -0.2) is 17.7 Å². The van der Waals surface area contributed by atoms with Gasteiger partial charge in [-0.05, 0) is 13.8 Å². The van der Waals surface area contributed by atoms with Crippen LogP contribution in [-0.2, 0) is 16.6 Å². The van der Waals surface area contributed by atoms with Crippen LogP contribution >= 0.6 is 0 Å². The Morgan fingerprint density at radius 2 is 2.07 bits per heavy atom. The lowest BCUT2D eigenvalue weighted by Gasteiger charge is -2.07. The molecule has 0 unspecified atom stereocenters. The fourth-order valence-corrected chi connectivity index (χ4v) is 1.99. The van der Waals surface area contributed by atoms with E-state index in [4.69, 9.17) is 0 Å². The summed E-state index contributed by atoms with van der Waals surface area (Å²) in [6.07, 6.45) is 1.56. The van der Waals surface area contributed by atoms with Gasteiger partial charge in [0.1, 0.15) is 5.82 Å². The molecule has 1 rings (SSSR count). The summed E-state index contributed by atoms with van der Waals surface area (Å²) in [7, 11) is -0.396. The third kappa shape index (κ3) is 1.80. The molecule has 0 aromatic carbocycles. The number of nitrogens with zero attached hydrogens (tertiary/aromatic N) is 3. The van der Waals surface area contributed by atoms with Gasteiger partial charge in [0.15, 0.2) is 5.03 Å². The van der Waals surface area contributed by atoms with Gasteiger partial charge in [-0.2, -0.15) is 0 Å². The van der Waals surface area contributed by atoms with Crippen molar-refractivity contribution in [1.29, 1.82) is 0 Å². The van der Waals surface area contributed by atoms with Crippen LogP contribution < -0.4 is 0 Å². The van der Waals surface area contributed by atoms with E-state index < -0.39 is 10.0 Å². The Morgan fingerprint density at radius 3 is 2.43 bits per heavy atom. The predicted octanol–water partition coefficient (Wildman–Crippen LogP) is 0.462. The molecule has 1 aromatic heterocycles. The maximum absolute atomic E-state index is 11.7. The van der Waals surface area contributed by atoms with E-state index in [1.165, 1.54) is 14.1 Å². The van der Waals surface area contributed by atoms with E-state index in [9.17, 15) is 8.42 Å². The minimum absolute atomic E-state index is 0.113. The smallest absolute Gasteiger partial charge is 0.261 e. The van der Waals surface area contributed by atoms with E-state index in [0.717, 1.165) is 10.8 Å². The zero-order chi connectivity index (χ0) is 10.9. The van der Waals surface area contributed by atoms with Crippen LogP contribution in [0.15, 0.2) is 11.2 Å². The Kier molecular flexibility index (Phi) is 2.96. The molecule has 0 spiro atoms. The van der Waals surface area contributed by atoms with E-state index in [1.54, 1.807) is 17.7 Å². The number of rotatable bonds is 3. The van der Waals surface area contributed by atoms with Gasteiger partial charge in [0.2, 0.25) is 0 Å². The Morgan fingerprint density at radius 1 is 1.50 bits per heavy atom. The van der Waals surface area contributed by atoms with Crippen molar-refractivity contribution in [3.05, 3.63) is 12.0 Å². The first-order chi connectivity index (χ1) is 6.39. The zero-order valence-corrected chi connectivity index (χ0v) is 9.67. The van der Waals surface area contributed by atoms with Gasteiger partial charge in [0.05, 0.1) is 0 Å².